The molecule has 0 aliphatic carbocycles. The Labute approximate surface area is 140 Å². The fourth-order valence-corrected chi connectivity index (χ4v) is 3.13. The highest BCUT2D eigenvalue weighted by Gasteiger charge is 2.22. The molecule has 0 saturated carbocycles. The number of piperidine rings is 1. The molecule has 1 N–H and O–H groups in total. The molecule has 0 spiro atoms. The summed E-state index contributed by atoms with van der Waals surface area (Å²) in [6, 6.07) is 5.83. The van der Waals surface area contributed by atoms with E-state index in [1.165, 1.54) is 18.6 Å². The number of β-amino-alcohol motifs (C(OH)–C–C–N with tert-alkyl or cyclic N) is 1. The van der Waals surface area contributed by atoms with Gasteiger partial charge in [-0.3, -0.25) is 4.68 Å². The third kappa shape index (κ3) is 5.01. The molecule has 0 amide bonds. The molecule has 1 aromatic heterocycles. The number of hydrogen-bond acceptors (Lipinski definition) is 5. The van der Waals surface area contributed by atoms with Crippen molar-refractivity contribution in [1.82, 2.24) is 19.7 Å². The van der Waals surface area contributed by atoms with Crippen LogP contribution in [0.15, 0.2) is 36.9 Å². The maximum absolute atomic E-state index is 12.8. The van der Waals surface area contributed by atoms with Gasteiger partial charge in [-0.25, -0.2) is 9.37 Å². The second-order valence-electron chi connectivity index (χ2n) is 6.30. The van der Waals surface area contributed by atoms with Crippen LogP contribution < -0.4 is 4.74 Å². The van der Waals surface area contributed by atoms with Gasteiger partial charge in [-0.2, -0.15) is 5.10 Å². The van der Waals surface area contributed by atoms with Gasteiger partial charge in [0, 0.05) is 19.6 Å². The molecular weight excluding hydrogens is 311 g/mol. The van der Waals surface area contributed by atoms with Crippen LogP contribution >= 0.6 is 0 Å². The Balaban J connectivity index is 1.41. The highest BCUT2D eigenvalue weighted by Crippen LogP contribution is 2.18. The molecule has 0 bridgehead atoms. The van der Waals surface area contributed by atoms with Crippen molar-refractivity contribution in [3.63, 3.8) is 0 Å². The first-order valence-electron chi connectivity index (χ1n) is 8.30. The lowest BCUT2D eigenvalue weighted by Gasteiger charge is -2.33. The molecule has 0 radical (unpaired) electrons. The van der Waals surface area contributed by atoms with Crippen LogP contribution in [-0.2, 0) is 6.54 Å². The van der Waals surface area contributed by atoms with Crippen molar-refractivity contribution < 1.29 is 14.2 Å². The Bertz CT molecular complexity index is 606. The molecule has 2 heterocycles. The lowest BCUT2D eigenvalue weighted by atomic mass is 9.98. The molecule has 3 rings (SSSR count). The highest BCUT2D eigenvalue weighted by atomic mass is 19.1. The Morgan fingerprint density at radius 3 is 2.92 bits per heavy atom. The Morgan fingerprint density at radius 1 is 1.33 bits per heavy atom. The number of aliphatic hydroxyl groups excluding tert-OH is 1. The molecule has 2 atom stereocenters. The van der Waals surface area contributed by atoms with Crippen LogP contribution in [0.1, 0.15) is 12.8 Å². The SMILES string of the molecule is O[C@H](COc1ccc(F)cc1)CN1CCC[C@@H](Cn2cncn2)C1. The summed E-state index contributed by atoms with van der Waals surface area (Å²) in [6.07, 6.45) is 5.01. The zero-order valence-corrected chi connectivity index (χ0v) is 13.6. The third-order valence-corrected chi connectivity index (χ3v) is 4.24. The number of likely N-dealkylation sites (tertiary alicyclic amines) is 1. The van der Waals surface area contributed by atoms with Crippen molar-refractivity contribution in [1.29, 1.82) is 0 Å². The predicted octanol–water partition coefficient (Wildman–Crippen LogP) is 1.57. The average Bonchev–Trinajstić information content (AvgIpc) is 3.08. The maximum Gasteiger partial charge on any atom is 0.137 e. The van der Waals surface area contributed by atoms with Crippen LogP contribution in [0, 0.1) is 11.7 Å². The number of aliphatic hydroxyl groups is 1. The van der Waals surface area contributed by atoms with Crippen molar-refractivity contribution >= 4 is 0 Å². The quantitative estimate of drug-likeness (QED) is 0.833. The Morgan fingerprint density at radius 2 is 2.17 bits per heavy atom. The van der Waals surface area contributed by atoms with Crippen LogP contribution in [0.2, 0.25) is 0 Å². The summed E-state index contributed by atoms with van der Waals surface area (Å²) in [4.78, 5) is 6.24. The van der Waals surface area contributed by atoms with Crippen LogP contribution in [0.3, 0.4) is 0 Å². The molecule has 1 fully saturated rings. The fourth-order valence-electron chi connectivity index (χ4n) is 3.13. The van der Waals surface area contributed by atoms with Crippen molar-refractivity contribution in [2.24, 2.45) is 5.92 Å². The fraction of sp³-hybridized carbons (Fsp3) is 0.529. The molecule has 1 saturated heterocycles. The number of aromatic nitrogens is 3. The number of benzene rings is 1. The third-order valence-electron chi connectivity index (χ3n) is 4.24. The topological polar surface area (TPSA) is 63.4 Å². The number of ether oxygens (including phenoxy) is 1. The molecule has 0 unspecified atom stereocenters. The van der Waals surface area contributed by atoms with Gasteiger partial charge in [-0.05, 0) is 49.6 Å². The van der Waals surface area contributed by atoms with Gasteiger partial charge in [0.25, 0.3) is 0 Å². The molecule has 2 aromatic rings. The molecule has 7 heteroatoms. The summed E-state index contributed by atoms with van der Waals surface area (Å²) >= 11 is 0. The molecule has 1 aliphatic heterocycles. The number of halogens is 1. The number of hydrogen-bond donors (Lipinski definition) is 1. The second-order valence-corrected chi connectivity index (χ2v) is 6.30. The summed E-state index contributed by atoms with van der Waals surface area (Å²) in [5.41, 5.74) is 0. The van der Waals surface area contributed by atoms with Gasteiger partial charge in [0.2, 0.25) is 0 Å². The van der Waals surface area contributed by atoms with Gasteiger partial charge in [0.1, 0.15) is 36.9 Å². The van der Waals surface area contributed by atoms with E-state index >= 15 is 0 Å². The van der Waals surface area contributed by atoms with Gasteiger partial charge in [-0.15, -0.1) is 0 Å². The highest BCUT2D eigenvalue weighted by molar-refractivity contribution is 5.22. The molecular formula is C17H23FN4O2. The second kappa shape index (κ2) is 8.21. The Kier molecular flexibility index (Phi) is 5.77. The molecule has 1 aromatic carbocycles. The molecule has 6 nitrogen and oxygen atoms in total. The summed E-state index contributed by atoms with van der Waals surface area (Å²) < 4.78 is 20.2. The normalized spacial score (nSPS) is 20.0. The molecule has 130 valence electrons. The Hall–Kier alpha value is -1.99. The molecule has 1 aliphatic rings. The van der Waals surface area contributed by atoms with E-state index in [0.29, 0.717) is 18.2 Å². The number of nitrogens with zero attached hydrogens (tertiary/aromatic N) is 4. The van der Waals surface area contributed by atoms with E-state index in [1.807, 2.05) is 4.68 Å². The van der Waals surface area contributed by atoms with Crippen molar-refractivity contribution in [3.05, 3.63) is 42.7 Å². The van der Waals surface area contributed by atoms with Gasteiger partial charge >= 0.3 is 0 Å². The zero-order valence-electron chi connectivity index (χ0n) is 13.6. The average molecular weight is 334 g/mol. The minimum Gasteiger partial charge on any atom is -0.491 e. The van der Waals surface area contributed by atoms with Crippen molar-refractivity contribution in [3.8, 4) is 5.75 Å². The first-order valence-corrected chi connectivity index (χ1v) is 8.30. The monoisotopic (exact) mass is 334 g/mol. The van der Waals surface area contributed by atoms with Gasteiger partial charge in [-0.1, -0.05) is 0 Å². The van der Waals surface area contributed by atoms with Crippen LogP contribution in [0.4, 0.5) is 4.39 Å². The number of rotatable bonds is 7. The van der Waals surface area contributed by atoms with Crippen molar-refractivity contribution in [2.45, 2.75) is 25.5 Å². The summed E-state index contributed by atoms with van der Waals surface area (Å²) in [5, 5.41) is 14.3. The van der Waals surface area contributed by atoms with Gasteiger partial charge in [0.15, 0.2) is 0 Å². The van der Waals surface area contributed by atoms with E-state index in [4.69, 9.17) is 4.74 Å². The van der Waals surface area contributed by atoms with Gasteiger partial charge in [0.05, 0.1) is 0 Å². The minimum absolute atomic E-state index is 0.204. The summed E-state index contributed by atoms with van der Waals surface area (Å²) in [5.74, 6) is 0.790. The first-order chi connectivity index (χ1) is 11.7. The van der Waals surface area contributed by atoms with Crippen LogP contribution in [0.5, 0.6) is 5.75 Å². The van der Waals surface area contributed by atoms with E-state index in [2.05, 4.69) is 15.0 Å². The maximum atomic E-state index is 12.8. The lowest BCUT2D eigenvalue weighted by molar-refractivity contribution is 0.0494. The smallest absolute Gasteiger partial charge is 0.137 e. The van der Waals surface area contributed by atoms with E-state index in [-0.39, 0.29) is 12.4 Å². The standard InChI is InChI=1S/C17H23FN4O2/c18-15-3-5-17(6-4-15)24-11-16(23)10-21-7-1-2-14(8-21)9-22-13-19-12-20-22/h3-6,12-14,16,23H,1-2,7-11H2/t14-,16+/m1/s1. The van der Waals surface area contributed by atoms with Crippen LogP contribution in [-0.4, -0.2) is 57.1 Å². The van der Waals surface area contributed by atoms with Crippen molar-refractivity contribution in [2.75, 3.05) is 26.2 Å². The summed E-state index contributed by atoms with van der Waals surface area (Å²) in [6.45, 7) is 3.57. The van der Waals surface area contributed by atoms with E-state index in [9.17, 15) is 9.50 Å². The van der Waals surface area contributed by atoms with E-state index in [0.717, 1.165) is 26.1 Å². The van der Waals surface area contributed by atoms with Crippen LogP contribution in [0.25, 0.3) is 0 Å². The van der Waals surface area contributed by atoms with E-state index in [1.54, 1.807) is 24.8 Å². The van der Waals surface area contributed by atoms with E-state index < -0.39 is 6.10 Å². The zero-order chi connectivity index (χ0) is 16.8. The predicted molar refractivity (Wildman–Crippen MR) is 87.1 cm³/mol. The largest absolute Gasteiger partial charge is 0.491 e. The lowest BCUT2D eigenvalue weighted by Crippen LogP contribution is -2.42. The van der Waals surface area contributed by atoms with Gasteiger partial charge < -0.3 is 14.7 Å². The summed E-state index contributed by atoms with van der Waals surface area (Å²) in [7, 11) is 0. The molecule has 24 heavy (non-hydrogen) atoms. The minimum atomic E-state index is -0.569. The first kappa shape index (κ1) is 16.9.